The van der Waals surface area contributed by atoms with Crippen molar-refractivity contribution in [2.75, 3.05) is 10.6 Å². The minimum Gasteiger partial charge on any atom is -0.307 e. The van der Waals surface area contributed by atoms with Gasteiger partial charge in [-0.2, -0.15) is 5.26 Å². The molecule has 4 nitrogen and oxygen atoms in total. The Hall–Kier alpha value is -2.80. The Morgan fingerprint density at radius 2 is 1.65 bits per heavy atom. The van der Waals surface area contributed by atoms with Crippen LogP contribution in [0.1, 0.15) is 16.7 Å². The molecule has 2 aromatic carbocycles. The van der Waals surface area contributed by atoms with Crippen molar-refractivity contribution in [2.45, 2.75) is 13.8 Å². The van der Waals surface area contributed by atoms with Gasteiger partial charge in [0, 0.05) is 5.69 Å². The lowest BCUT2D eigenvalue weighted by molar-refractivity contribution is 0.262. The maximum atomic E-state index is 12.0. The molecule has 20 heavy (non-hydrogen) atoms. The molecule has 0 aliphatic rings. The summed E-state index contributed by atoms with van der Waals surface area (Å²) in [4.78, 5) is 12.0. The van der Waals surface area contributed by atoms with Crippen molar-refractivity contribution in [3.63, 3.8) is 0 Å². The van der Waals surface area contributed by atoms with Crippen molar-refractivity contribution in [3.05, 3.63) is 59.2 Å². The van der Waals surface area contributed by atoms with Gasteiger partial charge in [-0.05, 0) is 43.2 Å². The normalized spacial score (nSPS) is 9.65. The maximum absolute atomic E-state index is 12.0. The Morgan fingerprint density at radius 1 is 1.00 bits per heavy atom. The standard InChI is InChI=1S/C16H15N3O/c1-11-6-5-9-14(12(11)2)18-16(20)19-15-8-4-3-7-13(15)10-17/h3-9H,1-2H3,(H2,18,19,20). The Labute approximate surface area is 118 Å². The zero-order valence-electron chi connectivity index (χ0n) is 11.4. The summed E-state index contributed by atoms with van der Waals surface area (Å²) in [5, 5.41) is 14.5. The van der Waals surface area contributed by atoms with Crippen molar-refractivity contribution in [1.82, 2.24) is 0 Å². The summed E-state index contributed by atoms with van der Waals surface area (Å²) >= 11 is 0. The molecule has 4 heteroatoms. The summed E-state index contributed by atoms with van der Waals surface area (Å²) in [6.45, 7) is 3.94. The Bertz CT molecular complexity index is 686. The average molecular weight is 265 g/mol. The first-order valence-corrected chi connectivity index (χ1v) is 6.25. The van der Waals surface area contributed by atoms with E-state index in [1.54, 1.807) is 24.3 Å². The van der Waals surface area contributed by atoms with Crippen molar-refractivity contribution >= 4 is 17.4 Å². The fourth-order valence-corrected chi connectivity index (χ4v) is 1.85. The van der Waals surface area contributed by atoms with Crippen LogP contribution in [0.25, 0.3) is 0 Å². The largest absolute Gasteiger partial charge is 0.323 e. The van der Waals surface area contributed by atoms with E-state index >= 15 is 0 Å². The van der Waals surface area contributed by atoms with Crippen LogP contribution in [0.3, 0.4) is 0 Å². The number of rotatable bonds is 2. The van der Waals surface area contributed by atoms with Gasteiger partial charge in [-0.3, -0.25) is 0 Å². The zero-order chi connectivity index (χ0) is 14.5. The molecular formula is C16H15N3O. The number of aryl methyl sites for hydroxylation is 1. The molecule has 2 rings (SSSR count). The number of nitrogens with zero attached hydrogens (tertiary/aromatic N) is 1. The molecule has 0 saturated carbocycles. The lowest BCUT2D eigenvalue weighted by Gasteiger charge is -2.12. The van der Waals surface area contributed by atoms with Gasteiger partial charge >= 0.3 is 6.03 Å². The summed E-state index contributed by atoms with van der Waals surface area (Å²) in [5.41, 5.74) is 3.83. The highest BCUT2D eigenvalue weighted by atomic mass is 16.2. The molecule has 0 aliphatic heterocycles. The number of amides is 2. The van der Waals surface area contributed by atoms with Crippen molar-refractivity contribution in [2.24, 2.45) is 0 Å². The number of benzene rings is 2. The number of anilines is 2. The molecular weight excluding hydrogens is 250 g/mol. The molecule has 0 heterocycles. The van der Waals surface area contributed by atoms with Crippen LogP contribution in [0.4, 0.5) is 16.2 Å². The number of carbonyl (C=O) groups is 1. The molecule has 2 aromatic rings. The van der Waals surface area contributed by atoms with Crippen LogP contribution in [-0.2, 0) is 0 Å². The van der Waals surface area contributed by atoms with E-state index in [0.717, 1.165) is 16.8 Å². The monoisotopic (exact) mass is 265 g/mol. The Kier molecular flexibility index (Phi) is 4.02. The van der Waals surface area contributed by atoms with Gasteiger partial charge < -0.3 is 10.6 Å². The number of urea groups is 1. The third-order valence-corrected chi connectivity index (χ3v) is 3.15. The second-order valence-electron chi connectivity index (χ2n) is 4.48. The fourth-order valence-electron chi connectivity index (χ4n) is 1.85. The molecule has 100 valence electrons. The van der Waals surface area contributed by atoms with Gasteiger partial charge in [-0.25, -0.2) is 4.79 Å². The number of nitrogens with one attached hydrogen (secondary N) is 2. The van der Waals surface area contributed by atoms with Crippen molar-refractivity contribution in [1.29, 1.82) is 5.26 Å². The first kappa shape index (κ1) is 13.6. The second kappa shape index (κ2) is 5.89. The first-order valence-electron chi connectivity index (χ1n) is 6.25. The third-order valence-electron chi connectivity index (χ3n) is 3.15. The van der Waals surface area contributed by atoms with E-state index in [2.05, 4.69) is 10.6 Å². The lowest BCUT2D eigenvalue weighted by atomic mass is 10.1. The second-order valence-corrected chi connectivity index (χ2v) is 4.48. The predicted molar refractivity (Wildman–Crippen MR) is 79.7 cm³/mol. The topological polar surface area (TPSA) is 64.9 Å². The number of para-hydroxylation sites is 1. The van der Waals surface area contributed by atoms with E-state index in [9.17, 15) is 4.79 Å². The fraction of sp³-hybridized carbons (Fsp3) is 0.125. The molecule has 0 spiro atoms. The van der Waals surface area contributed by atoms with Crippen LogP contribution in [-0.4, -0.2) is 6.03 Å². The number of hydrogen-bond donors (Lipinski definition) is 2. The first-order chi connectivity index (χ1) is 9.61. The summed E-state index contributed by atoms with van der Waals surface area (Å²) in [6.07, 6.45) is 0. The van der Waals surface area contributed by atoms with Crippen LogP contribution >= 0.6 is 0 Å². The van der Waals surface area contributed by atoms with Gasteiger partial charge in [0.25, 0.3) is 0 Å². The minimum atomic E-state index is -0.360. The Morgan fingerprint density at radius 3 is 2.40 bits per heavy atom. The summed E-state index contributed by atoms with van der Waals surface area (Å²) < 4.78 is 0. The number of hydrogen-bond acceptors (Lipinski definition) is 2. The van der Waals surface area contributed by atoms with Crippen LogP contribution in [0.2, 0.25) is 0 Å². The minimum absolute atomic E-state index is 0.360. The Balaban J connectivity index is 2.14. The van der Waals surface area contributed by atoms with E-state index in [0.29, 0.717) is 11.3 Å². The number of nitriles is 1. The van der Waals surface area contributed by atoms with E-state index in [1.165, 1.54) is 0 Å². The van der Waals surface area contributed by atoms with Gasteiger partial charge in [0.1, 0.15) is 6.07 Å². The van der Waals surface area contributed by atoms with Crippen LogP contribution in [0, 0.1) is 25.2 Å². The van der Waals surface area contributed by atoms with Crippen LogP contribution in [0.15, 0.2) is 42.5 Å². The van der Waals surface area contributed by atoms with Crippen molar-refractivity contribution in [3.8, 4) is 6.07 Å². The molecule has 0 aromatic heterocycles. The highest BCUT2D eigenvalue weighted by Crippen LogP contribution is 2.19. The SMILES string of the molecule is Cc1cccc(NC(=O)Nc2ccccc2C#N)c1C. The molecule has 0 aliphatic carbocycles. The van der Waals surface area contributed by atoms with Crippen LogP contribution < -0.4 is 10.6 Å². The zero-order valence-corrected chi connectivity index (χ0v) is 11.4. The molecule has 0 unspecified atom stereocenters. The molecule has 2 N–H and O–H groups in total. The highest BCUT2D eigenvalue weighted by molar-refractivity contribution is 6.01. The lowest BCUT2D eigenvalue weighted by Crippen LogP contribution is -2.20. The van der Waals surface area contributed by atoms with E-state index in [1.807, 2.05) is 38.1 Å². The smallest absolute Gasteiger partial charge is 0.307 e. The summed E-state index contributed by atoms with van der Waals surface area (Å²) in [6, 6.07) is 14.3. The third kappa shape index (κ3) is 2.96. The van der Waals surface area contributed by atoms with Crippen molar-refractivity contribution < 1.29 is 4.79 Å². The van der Waals surface area contributed by atoms with E-state index in [-0.39, 0.29) is 6.03 Å². The van der Waals surface area contributed by atoms with E-state index in [4.69, 9.17) is 5.26 Å². The van der Waals surface area contributed by atoms with Gasteiger partial charge in [0.15, 0.2) is 0 Å². The van der Waals surface area contributed by atoms with Gasteiger partial charge in [0.2, 0.25) is 0 Å². The molecule has 0 radical (unpaired) electrons. The van der Waals surface area contributed by atoms with Crippen LogP contribution in [0.5, 0.6) is 0 Å². The highest BCUT2D eigenvalue weighted by Gasteiger charge is 2.08. The maximum Gasteiger partial charge on any atom is 0.323 e. The predicted octanol–water partition coefficient (Wildman–Crippen LogP) is 3.82. The van der Waals surface area contributed by atoms with E-state index < -0.39 is 0 Å². The quantitative estimate of drug-likeness (QED) is 0.866. The van der Waals surface area contributed by atoms with Gasteiger partial charge in [-0.1, -0.05) is 24.3 Å². The number of carbonyl (C=O) groups excluding carboxylic acids is 1. The molecule has 0 atom stereocenters. The molecule has 0 bridgehead atoms. The summed E-state index contributed by atoms with van der Waals surface area (Å²) in [7, 11) is 0. The van der Waals surface area contributed by atoms with Gasteiger partial charge in [-0.15, -0.1) is 0 Å². The summed E-state index contributed by atoms with van der Waals surface area (Å²) in [5.74, 6) is 0. The molecule has 0 fully saturated rings. The van der Waals surface area contributed by atoms with Gasteiger partial charge in [0.05, 0.1) is 11.3 Å². The average Bonchev–Trinajstić information content (AvgIpc) is 2.44. The molecule has 2 amide bonds. The molecule has 0 saturated heterocycles.